The maximum absolute atomic E-state index is 5.71. The van der Waals surface area contributed by atoms with E-state index < -0.39 is 0 Å². The number of fused-ring (bicyclic) bond motifs is 1. The number of rotatable bonds is 4. The van der Waals surface area contributed by atoms with Gasteiger partial charge >= 0.3 is 0 Å². The fourth-order valence-electron chi connectivity index (χ4n) is 2.33. The molecule has 0 fully saturated rings. The van der Waals surface area contributed by atoms with E-state index in [4.69, 9.17) is 10.5 Å². The average Bonchev–Trinajstić information content (AvgIpc) is 2.55. The molecule has 0 saturated carbocycles. The van der Waals surface area contributed by atoms with Crippen LogP contribution in [0.15, 0.2) is 36.4 Å². The zero-order chi connectivity index (χ0) is 16.4. The Bertz CT molecular complexity index is 830. The topological polar surface area (TPSA) is 77.2 Å². The van der Waals surface area contributed by atoms with Gasteiger partial charge in [-0.2, -0.15) is 4.98 Å². The standard InChI is InChI=1S/C17H19N5O/c1-4-23-16-15-14(20-17(18)21-16)10-9-13(19-15)11-5-7-12(8-6-11)22(2)3/h5-10H,4H2,1-3H3,(H2,18,20,21). The zero-order valence-corrected chi connectivity index (χ0v) is 13.4. The van der Waals surface area contributed by atoms with Crippen molar-refractivity contribution in [2.75, 3.05) is 31.3 Å². The highest BCUT2D eigenvalue weighted by Crippen LogP contribution is 2.26. The van der Waals surface area contributed by atoms with Gasteiger partial charge in [0.1, 0.15) is 0 Å². The third-order valence-corrected chi connectivity index (χ3v) is 3.49. The van der Waals surface area contributed by atoms with Gasteiger partial charge in [0.05, 0.1) is 17.8 Å². The number of anilines is 2. The summed E-state index contributed by atoms with van der Waals surface area (Å²) < 4.78 is 5.54. The van der Waals surface area contributed by atoms with E-state index in [0.717, 1.165) is 16.9 Å². The summed E-state index contributed by atoms with van der Waals surface area (Å²) in [4.78, 5) is 15.1. The number of pyridine rings is 1. The molecule has 6 heteroatoms. The number of nitrogens with two attached hydrogens (primary N) is 1. The quantitative estimate of drug-likeness (QED) is 0.798. The third-order valence-electron chi connectivity index (χ3n) is 3.49. The first kappa shape index (κ1) is 15.0. The summed E-state index contributed by atoms with van der Waals surface area (Å²) in [6, 6.07) is 12.0. The molecule has 0 aliphatic carbocycles. The number of nitrogen functional groups attached to an aromatic ring is 1. The molecule has 3 rings (SSSR count). The normalized spacial score (nSPS) is 10.7. The van der Waals surface area contributed by atoms with Gasteiger partial charge in [0.25, 0.3) is 0 Å². The lowest BCUT2D eigenvalue weighted by Gasteiger charge is -2.13. The first-order valence-corrected chi connectivity index (χ1v) is 7.43. The predicted molar refractivity (Wildman–Crippen MR) is 92.7 cm³/mol. The summed E-state index contributed by atoms with van der Waals surface area (Å²) in [7, 11) is 4.03. The van der Waals surface area contributed by atoms with Crippen LogP contribution >= 0.6 is 0 Å². The molecule has 2 aromatic heterocycles. The van der Waals surface area contributed by atoms with E-state index in [0.29, 0.717) is 23.5 Å². The zero-order valence-electron chi connectivity index (χ0n) is 13.4. The maximum atomic E-state index is 5.71. The number of aromatic nitrogens is 3. The van der Waals surface area contributed by atoms with Gasteiger partial charge in [-0.25, -0.2) is 9.97 Å². The highest BCUT2D eigenvalue weighted by atomic mass is 16.5. The van der Waals surface area contributed by atoms with Crippen LogP contribution in [0.5, 0.6) is 5.88 Å². The van der Waals surface area contributed by atoms with Gasteiger partial charge in [0.2, 0.25) is 11.8 Å². The molecule has 6 nitrogen and oxygen atoms in total. The molecule has 2 N–H and O–H groups in total. The summed E-state index contributed by atoms with van der Waals surface area (Å²) in [6.07, 6.45) is 0. The summed E-state index contributed by atoms with van der Waals surface area (Å²) in [5.41, 5.74) is 10.0. The molecule has 0 bridgehead atoms. The molecular weight excluding hydrogens is 290 g/mol. The van der Waals surface area contributed by atoms with Crippen LogP contribution < -0.4 is 15.4 Å². The minimum Gasteiger partial charge on any atom is -0.476 e. The molecule has 0 saturated heterocycles. The first-order chi connectivity index (χ1) is 11.1. The molecule has 0 aliphatic rings. The Morgan fingerprint density at radius 1 is 1.00 bits per heavy atom. The Morgan fingerprint density at radius 3 is 2.39 bits per heavy atom. The maximum Gasteiger partial charge on any atom is 0.245 e. The van der Waals surface area contributed by atoms with Crippen molar-refractivity contribution in [3.8, 4) is 17.1 Å². The minimum atomic E-state index is 0.186. The lowest BCUT2D eigenvalue weighted by molar-refractivity contribution is 0.330. The van der Waals surface area contributed by atoms with Crippen molar-refractivity contribution in [3.63, 3.8) is 0 Å². The molecule has 0 unspecified atom stereocenters. The summed E-state index contributed by atoms with van der Waals surface area (Å²) in [5.74, 6) is 0.604. The molecular formula is C17H19N5O. The molecule has 23 heavy (non-hydrogen) atoms. The second-order valence-corrected chi connectivity index (χ2v) is 5.33. The SMILES string of the molecule is CCOc1nc(N)nc2ccc(-c3ccc(N(C)C)cc3)nc12. The number of benzene rings is 1. The van der Waals surface area contributed by atoms with Crippen LogP contribution in [0.3, 0.4) is 0 Å². The van der Waals surface area contributed by atoms with Gasteiger partial charge < -0.3 is 15.4 Å². The van der Waals surface area contributed by atoms with Crippen LogP contribution in [-0.2, 0) is 0 Å². The molecule has 118 valence electrons. The minimum absolute atomic E-state index is 0.186. The summed E-state index contributed by atoms with van der Waals surface area (Å²) >= 11 is 0. The number of hydrogen-bond donors (Lipinski definition) is 1. The van der Waals surface area contributed by atoms with Crippen molar-refractivity contribution in [2.24, 2.45) is 0 Å². The van der Waals surface area contributed by atoms with Crippen molar-refractivity contribution in [2.45, 2.75) is 6.92 Å². The van der Waals surface area contributed by atoms with Crippen molar-refractivity contribution in [1.29, 1.82) is 0 Å². The highest BCUT2D eigenvalue weighted by Gasteiger charge is 2.11. The first-order valence-electron chi connectivity index (χ1n) is 7.43. The second kappa shape index (κ2) is 6.08. The van der Waals surface area contributed by atoms with E-state index in [1.54, 1.807) is 0 Å². The van der Waals surface area contributed by atoms with Gasteiger partial charge in [-0.3, -0.25) is 0 Å². The monoisotopic (exact) mass is 309 g/mol. The fraction of sp³-hybridized carbons (Fsp3) is 0.235. The fourth-order valence-corrected chi connectivity index (χ4v) is 2.33. The van der Waals surface area contributed by atoms with Crippen molar-refractivity contribution < 1.29 is 4.74 Å². The van der Waals surface area contributed by atoms with Crippen molar-refractivity contribution >= 4 is 22.7 Å². The van der Waals surface area contributed by atoms with Crippen LogP contribution in [0.25, 0.3) is 22.3 Å². The Hall–Kier alpha value is -2.89. The summed E-state index contributed by atoms with van der Waals surface area (Å²) in [5, 5.41) is 0. The van der Waals surface area contributed by atoms with Gasteiger partial charge in [-0.15, -0.1) is 0 Å². The third kappa shape index (κ3) is 3.01. The van der Waals surface area contributed by atoms with Crippen molar-refractivity contribution in [1.82, 2.24) is 15.0 Å². The lowest BCUT2D eigenvalue weighted by atomic mass is 10.1. The van der Waals surface area contributed by atoms with Gasteiger partial charge in [0.15, 0.2) is 5.52 Å². The van der Waals surface area contributed by atoms with Crippen molar-refractivity contribution in [3.05, 3.63) is 36.4 Å². The number of hydrogen-bond acceptors (Lipinski definition) is 6. The van der Waals surface area contributed by atoms with Crippen LogP contribution in [0.2, 0.25) is 0 Å². The molecule has 0 aliphatic heterocycles. The van der Waals surface area contributed by atoms with Crippen LogP contribution in [0, 0.1) is 0 Å². The van der Waals surface area contributed by atoms with Crippen LogP contribution in [0.1, 0.15) is 6.92 Å². The Kier molecular flexibility index (Phi) is 3.97. The molecule has 3 aromatic rings. The van der Waals surface area contributed by atoms with Gasteiger partial charge in [-0.1, -0.05) is 12.1 Å². The molecule has 1 aromatic carbocycles. The second-order valence-electron chi connectivity index (χ2n) is 5.33. The van der Waals surface area contributed by atoms with E-state index in [1.807, 2.05) is 45.3 Å². The Morgan fingerprint density at radius 2 is 1.74 bits per heavy atom. The molecule has 0 radical (unpaired) electrons. The molecule has 0 spiro atoms. The van der Waals surface area contributed by atoms with E-state index in [1.165, 1.54) is 0 Å². The smallest absolute Gasteiger partial charge is 0.245 e. The molecule has 0 atom stereocenters. The Labute approximate surface area is 135 Å². The number of nitrogens with zero attached hydrogens (tertiary/aromatic N) is 4. The van der Waals surface area contributed by atoms with E-state index in [2.05, 4.69) is 32.0 Å². The highest BCUT2D eigenvalue weighted by molar-refractivity contribution is 5.83. The van der Waals surface area contributed by atoms with E-state index >= 15 is 0 Å². The van der Waals surface area contributed by atoms with E-state index in [-0.39, 0.29) is 5.95 Å². The Balaban J connectivity index is 2.08. The number of ether oxygens (including phenoxy) is 1. The van der Waals surface area contributed by atoms with Crippen LogP contribution in [-0.4, -0.2) is 35.7 Å². The molecule has 0 amide bonds. The van der Waals surface area contributed by atoms with E-state index in [9.17, 15) is 0 Å². The predicted octanol–water partition coefficient (Wildman–Crippen LogP) is 2.74. The largest absolute Gasteiger partial charge is 0.476 e. The van der Waals surface area contributed by atoms with Gasteiger partial charge in [0, 0.05) is 25.3 Å². The summed E-state index contributed by atoms with van der Waals surface area (Å²) in [6.45, 7) is 2.39. The lowest BCUT2D eigenvalue weighted by Crippen LogP contribution is -2.08. The van der Waals surface area contributed by atoms with Gasteiger partial charge in [-0.05, 0) is 31.2 Å². The average molecular weight is 309 g/mol. The van der Waals surface area contributed by atoms with Crippen LogP contribution in [0.4, 0.5) is 11.6 Å². The molecule has 2 heterocycles.